The van der Waals surface area contributed by atoms with Gasteiger partial charge in [-0.25, -0.2) is 0 Å². The highest BCUT2D eigenvalue weighted by Crippen LogP contribution is 2.34. The van der Waals surface area contributed by atoms with Crippen molar-refractivity contribution in [1.82, 2.24) is 0 Å². The van der Waals surface area contributed by atoms with E-state index < -0.39 is 5.60 Å². The van der Waals surface area contributed by atoms with Gasteiger partial charge in [-0.05, 0) is 33.6 Å². The van der Waals surface area contributed by atoms with E-state index in [1.54, 1.807) is 0 Å². The van der Waals surface area contributed by atoms with E-state index in [2.05, 4.69) is 0 Å². The minimum atomic E-state index is -0.444. The molecule has 1 aliphatic rings. The molecule has 0 aromatic carbocycles. The van der Waals surface area contributed by atoms with Crippen molar-refractivity contribution in [3.05, 3.63) is 0 Å². The van der Waals surface area contributed by atoms with Gasteiger partial charge < -0.3 is 9.53 Å². The fourth-order valence-corrected chi connectivity index (χ4v) is 1.36. The Morgan fingerprint density at radius 3 is 2.31 bits per heavy atom. The van der Waals surface area contributed by atoms with E-state index in [1.807, 2.05) is 20.8 Å². The van der Waals surface area contributed by atoms with Crippen LogP contribution in [0.25, 0.3) is 0 Å². The van der Waals surface area contributed by atoms with E-state index in [1.165, 1.54) is 0 Å². The second kappa shape index (κ2) is 3.48. The standard InChI is InChI=1S/C10H16O3/c1-10(2,3)13-9(12)8-5-4-7(8)6-11/h6-8H,4-5H2,1-3H3. The molecule has 0 spiro atoms. The minimum absolute atomic E-state index is 0.102. The Labute approximate surface area is 78.5 Å². The maximum Gasteiger partial charge on any atom is 0.310 e. The lowest BCUT2D eigenvalue weighted by molar-refractivity contribution is -0.167. The van der Waals surface area contributed by atoms with E-state index in [4.69, 9.17) is 4.74 Å². The lowest BCUT2D eigenvalue weighted by Crippen LogP contribution is -2.38. The van der Waals surface area contributed by atoms with Gasteiger partial charge in [-0.15, -0.1) is 0 Å². The van der Waals surface area contributed by atoms with Crippen molar-refractivity contribution in [3.8, 4) is 0 Å². The summed E-state index contributed by atoms with van der Waals surface area (Å²) < 4.78 is 5.18. The van der Waals surface area contributed by atoms with Crippen LogP contribution in [0.5, 0.6) is 0 Å². The average Bonchev–Trinajstić information content (AvgIpc) is 1.80. The Kier molecular flexibility index (Phi) is 2.74. The molecule has 0 heterocycles. The van der Waals surface area contributed by atoms with Crippen LogP contribution in [0.3, 0.4) is 0 Å². The largest absolute Gasteiger partial charge is 0.460 e. The summed E-state index contributed by atoms with van der Waals surface area (Å²) in [6.07, 6.45) is 2.48. The van der Waals surface area contributed by atoms with Gasteiger partial charge in [-0.3, -0.25) is 4.79 Å². The number of carbonyl (C=O) groups is 2. The first-order valence-electron chi connectivity index (χ1n) is 4.62. The molecule has 74 valence electrons. The van der Waals surface area contributed by atoms with E-state index in [-0.39, 0.29) is 17.8 Å². The summed E-state index contributed by atoms with van der Waals surface area (Å²) in [7, 11) is 0. The van der Waals surface area contributed by atoms with Gasteiger partial charge in [0.25, 0.3) is 0 Å². The molecule has 0 radical (unpaired) electrons. The maximum absolute atomic E-state index is 11.4. The highest BCUT2D eigenvalue weighted by atomic mass is 16.6. The Balaban J connectivity index is 2.45. The molecule has 1 aliphatic carbocycles. The highest BCUT2D eigenvalue weighted by molar-refractivity contribution is 5.78. The third-order valence-corrected chi connectivity index (χ3v) is 2.21. The molecule has 0 aromatic heterocycles. The summed E-state index contributed by atoms with van der Waals surface area (Å²) in [5.41, 5.74) is -0.444. The van der Waals surface area contributed by atoms with Crippen LogP contribution in [0.2, 0.25) is 0 Å². The molecule has 1 saturated carbocycles. The SMILES string of the molecule is CC(C)(C)OC(=O)C1CCC1C=O. The van der Waals surface area contributed by atoms with Crippen molar-refractivity contribution < 1.29 is 14.3 Å². The van der Waals surface area contributed by atoms with Crippen LogP contribution >= 0.6 is 0 Å². The Bertz CT molecular complexity index is 215. The summed E-state index contributed by atoms with van der Waals surface area (Å²) in [5.74, 6) is -0.512. The molecule has 1 rings (SSSR count). The van der Waals surface area contributed by atoms with Crippen LogP contribution in [0.4, 0.5) is 0 Å². The van der Waals surface area contributed by atoms with Crippen LogP contribution in [0.1, 0.15) is 33.6 Å². The van der Waals surface area contributed by atoms with Gasteiger partial charge in [0.05, 0.1) is 5.92 Å². The van der Waals surface area contributed by atoms with E-state index >= 15 is 0 Å². The summed E-state index contributed by atoms with van der Waals surface area (Å²) >= 11 is 0. The first-order chi connectivity index (χ1) is 5.94. The third kappa shape index (κ3) is 2.54. The van der Waals surface area contributed by atoms with Crippen LogP contribution in [-0.2, 0) is 14.3 Å². The van der Waals surface area contributed by atoms with Crippen molar-refractivity contribution in [3.63, 3.8) is 0 Å². The van der Waals surface area contributed by atoms with Crippen molar-refractivity contribution >= 4 is 12.3 Å². The summed E-state index contributed by atoms with van der Waals surface area (Å²) in [5, 5.41) is 0. The molecule has 3 heteroatoms. The van der Waals surface area contributed by atoms with Gasteiger partial charge in [-0.2, -0.15) is 0 Å². The van der Waals surface area contributed by atoms with Crippen molar-refractivity contribution in [2.75, 3.05) is 0 Å². The van der Waals surface area contributed by atoms with Gasteiger partial charge in [0.1, 0.15) is 11.9 Å². The lowest BCUT2D eigenvalue weighted by Gasteiger charge is -2.33. The smallest absolute Gasteiger partial charge is 0.310 e. The molecule has 0 N–H and O–H groups in total. The number of esters is 1. The number of ether oxygens (including phenoxy) is 1. The molecule has 2 unspecified atom stereocenters. The first kappa shape index (κ1) is 10.2. The van der Waals surface area contributed by atoms with E-state index in [0.29, 0.717) is 0 Å². The normalized spacial score (nSPS) is 27.6. The number of rotatable bonds is 2. The van der Waals surface area contributed by atoms with Gasteiger partial charge >= 0.3 is 5.97 Å². The number of aldehydes is 1. The molecule has 0 aromatic rings. The summed E-state index contributed by atoms with van der Waals surface area (Å²) in [6.45, 7) is 5.50. The maximum atomic E-state index is 11.4. The van der Waals surface area contributed by atoms with Crippen molar-refractivity contribution in [2.45, 2.75) is 39.2 Å². The quantitative estimate of drug-likeness (QED) is 0.483. The molecule has 13 heavy (non-hydrogen) atoms. The highest BCUT2D eigenvalue weighted by Gasteiger charge is 2.38. The topological polar surface area (TPSA) is 43.4 Å². The fraction of sp³-hybridized carbons (Fsp3) is 0.800. The van der Waals surface area contributed by atoms with Gasteiger partial charge in [0.15, 0.2) is 0 Å². The molecule has 0 aliphatic heterocycles. The predicted octanol–water partition coefficient (Wildman–Crippen LogP) is 1.55. The van der Waals surface area contributed by atoms with E-state index in [0.717, 1.165) is 19.1 Å². The second-order valence-electron chi connectivity index (χ2n) is 4.52. The van der Waals surface area contributed by atoms with Crippen LogP contribution < -0.4 is 0 Å². The van der Waals surface area contributed by atoms with Gasteiger partial charge in [-0.1, -0.05) is 0 Å². The zero-order chi connectivity index (χ0) is 10.1. The average molecular weight is 184 g/mol. The van der Waals surface area contributed by atoms with Crippen LogP contribution in [-0.4, -0.2) is 17.9 Å². The zero-order valence-electron chi connectivity index (χ0n) is 8.37. The number of hydrogen-bond donors (Lipinski definition) is 0. The van der Waals surface area contributed by atoms with Gasteiger partial charge in [0, 0.05) is 5.92 Å². The molecular weight excluding hydrogens is 168 g/mol. The van der Waals surface area contributed by atoms with Crippen LogP contribution in [0, 0.1) is 11.8 Å². The van der Waals surface area contributed by atoms with Gasteiger partial charge in [0.2, 0.25) is 0 Å². The molecule has 0 amide bonds. The molecule has 0 saturated heterocycles. The number of hydrogen-bond acceptors (Lipinski definition) is 3. The Hall–Kier alpha value is -0.860. The number of carbonyl (C=O) groups excluding carboxylic acids is 2. The molecule has 3 nitrogen and oxygen atoms in total. The summed E-state index contributed by atoms with van der Waals surface area (Å²) in [6, 6.07) is 0. The minimum Gasteiger partial charge on any atom is -0.460 e. The molecule has 1 fully saturated rings. The zero-order valence-corrected chi connectivity index (χ0v) is 8.37. The van der Waals surface area contributed by atoms with Crippen LogP contribution in [0.15, 0.2) is 0 Å². The third-order valence-electron chi connectivity index (χ3n) is 2.21. The van der Waals surface area contributed by atoms with Crippen molar-refractivity contribution in [1.29, 1.82) is 0 Å². The van der Waals surface area contributed by atoms with Crippen molar-refractivity contribution in [2.24, 2.45) is 11.8 Å². The monoisotopic (exact) mass is 184 g/mol. The Morgan fingerprint density at radius 2 is 2.00 bits per heavy atom. The molecule has 2 atom stereocenters. The fourth-order valence-electron chi connectivity index (χ4n) is 1.36. The Morgan fingerprint density at radius 1 is 1.38 bits per heavy atom. The summed E-state index contributed by atoms with van der Waals surface area (Å²) in [4.78, 5) is 21.9. The first-order valence-corrected chi connectivity index (χ1v) is 4.62. The van der Waals surface area contributed by atoms with E-state index in [9.17, 15) is 9.59 Å². The lowest BCUT2D eigenvalue weighted by atomic mass is 9.74. The molecular formula is C10H16O3. The second-order valence-corrected chi connectivity index (χ2v) is 4.52. The molecule has 0 bridgehead atoms. The predicted molar refractivity (Wildman–Crippen MR) is 48.1 cm³/mol.